The normalized spacial score (nSPS) is 28.8. The molecule has 100 valence electrons. The van der Waals surface area contributed by atoms with Gasteiger partial charge < -0.3 is 5.32 Å². The highest BCUT2D eigenvalue weighted by Gasteiger charge is 2.28. The van der Waals surface area contributed by atoms with Crippen molar-refractivity contribution in [2.75, 3.05) is 19.6 Å². The SMILES string of the molecule is CC(C)(C)CNC1CCCN(C2CCCC2)C1. The molecule has 0 bridgehead atoms. The van der Waals surface area contributed by atoms with Crippen molar-refractivity contribution < 1.29 is 0 Å². The fourth-order valence-electron chi connectivity index (χ4n) is 3.22. The summed E-state index contributed by atoms with van der Waals surface area (Å²) in [4.78, 5) is 2.76. The highest BCUT2D eigenvalue weighted by atomic mass is 15.2. The van der Waals surface area contributed by atoms with Crippen LogP contribution in [0.3, 0.4) is 0 Å². The first kappa shape index (κ1) is 13.4. The molecule has 1 atom stereocenters. The second-order valence-corrected chi connectivity index (χ2v) is 7.21. The van der Waals surface area contributed by atoms with E-state index in [4.69, 9.17) is 0 Å². The van der Waals surface area contributed by atoms with E-state index in [0.29, 0.717) is 5.41 Å². The molecular formula is C15H30N2. The van der Waals surface area contributed by atoms with Crippen LogP contribution in [0.2, 0.25) is 0 Å². The van der Waals surface area contributed by atoms with Gasteiger partial charge in [0, 0.05) is 25.2 Å². The Kier molecular flexibility index (Phi) is 4.48. The van der Waals surface area contributed by atoms with Gasteiger partial charge in [-0.1, -0.05) is 33.6 Å². The van der Waals surface area contributed by atoms with Crippen LogP contribution in [0.1, 0.15) is 59.3 Å². The van der Waals surface area contributed by atoms with E-state index in [9.17, 15) is 0 Å². The lowest BCUT2D eigenvalue weighted by atomic mass is 9.95. The third-order valence-corrected chi connectivity index (χ3v) is 4.21. The van der Waals surface area contributed by atoms with E-state index in [0.717, 1.165) is 18.6 Å². The predicted molar refractivity (Wildman–Crippen MR) is 74.3 cm³/mol. The van der Waals surface area contributed by atoms with Crippen LogP contribution in [0.4, 0.5) is 0 Å². The van der Waals surface area contributed by atoms with Gasteiger partial charge in [0.1, 0.15) is 0 Å². The van der Waals surface area contributed by atoms with E-state index in [-0.39, 0.29) is 0 Å². The summed E-state index contributed by atoms with van der Waals surface area (Å²) in [6.45, 7) is 10.7. The van der Waals surface area contributed by atoms with E-state index in [1.165, 1.54) is 51.6 Å². The summed E-state index contributed by atoms with van der Waals surface area (Å²) < 4.78 is 0. The van der Waals surface area contributed by atoms with Crippen LogP contribution in [-0.2, 0) is 0 Å². The molecule has 2 nitrogen and oxygen atoms in total. The number of hydrogen-bond donors (Lipinski definition) is 1. The Labute approximate surface area is 107 Å². The lowest BCUT2D eigenvalue weighted by Gasteiger charge is -2.38. The zero-order valence-electron chi connectivity index (χ0n) is 12.0. The number of nitrogens with one attached hydrogen (secondary N) is 1. The van der Waals surface area contributed by atoms with Gasteiger partial charge in [-0.05, 0) is 37.6 Å². The first-order valence-electron chi connectivity index (χ1n) is 7.52. The molecule has 1 aliphatic heterocycles. The van der Waals surface area contributed by atoms with Gasteiger partial charge in [-0.25, -0.2) is 0 Å². The molecule has 1 aliphatic carbocycles. The maximum Gasteiger partial charge on any atom is 0.0195 e. The number of likely N-dealkylation sites (tertiary alicyclic amines) is 1. The van der Waals surface area contributed by atoms with E-state index in [1.54, 1.807) is 0 Å². The quantitative estimate of drug-likeness (QED) is 0.813. The molecule has 0 aromatic heterocycles. The minimum atomic E-state index is 0.412. The molecule has 0 radical (unpaired) electrons. The zero-order chi connectivity index (χ0) is 12.3. The maximum absolute atomic E-state index is 3.77. The van der Waals surface area contributed by atoms with Crippen molar-refractivity contribution in [2.24, 2.45) is 5.41 Å². The Balaban J connectivity index is 1.76. The van der Waals surface area contributed by atoms with Crippen molar-refractivity contribution in [1.82, 2.24) is 10.2 Å². The van der Waals surface area contributed by atoms with Crippen LogP contribution in [0, 0.1) is 5.41 Å². The molecule has 0 aromatic carbocycles. The number of rotatable bonds is 3. The smallest absolute Gasteiger partial charge is 0.0195 e. The van der Waals surface area contributed by atoms with Crippen molar-refractivity contribution >= 4 is 0 Å². The molecule has 0 spiro atoms. The molecule has 1 N–H and O–H groups in total. The average molecular weight is 238 g/mol. The summed E-state index contributed by atoms with van der Waals surface area (Å²) in [6.07, 6.45) is 8.58. The Morgan fingerprint density at radius 2 is 1.76 bits per heavy atom. The van der Waals surface area contributed by atoms with E-state index < -0.39 is 0 Å². The van der Waals surface area contributed by atoms with E-state index in [1.807, 2.05) is 0 Å². The van der Waals surface area contributed by atoms with Crippen LogP contribution in [0.15, 0.2) is 0 Å². The lowest BCUT2D eigenvalue weighted by Crippen LogP contribution is -2.50. The average Bonchev–Trinajstić information content (AvgIpc) is 2.79. The highest BCUT2D eigenvalue weighted by molar-refractivity contribution is 4.85. The Morgan fingerprint density at radius 3 is 2.41 bits per heavy atom. The van der Waals surface area contributed by atoms with Crippen LogP contribution in [0.25, 0.3) is 0 Å². The van der Waals surface area contributed by atoms with Crippen LogP contribution in [0.5, 0.6) is 0 Å². The van der Waals surface area contributed by atoms with Crippen molar-refractivity contribution in [3.8, 4) is 0 Å². The fourth-order valence-corrected chi connectivity index (χ4v) is 3.22. The van der Waals surface area contributed by atoms with Crippen LogP contribution < -0.4 is 5.32 Å². The third-order valence-electron chi connectivity index (χ3n) is 4.21. The predicted octanol–water partition coefficient (Wildman–Crippen LogP) is 3.03. The monoisotopic (exact) mass is 238 g/mol. The van der Waals surface area contributed by atoms with Gasteiger partial charge >= 0.3 is 0 Å². The summed E-state index contributed by atoms with van der Waals surface area (Å²) in [5.74, 6) is 0. The van der Waals surface area contributed by atoms with Gasteiger partial charge in [0.05, 0.1) is 0 Å². The van der Waals surface area contributed by atoms with Gasteiger partial charge in [-0.15, -0.1) is 0 Å². The van der Waals surface area contributed by atoms with Crippen molar-refractivity contribution in [1.29, 1.82) is 0 Å². The maximum atomic E-state index is 3.77. The molecule has 1 heterocycles. The summed E-state index contributed by atoms with van der Waals surface area (Å²) in [7, 11) is 0. The second-order valence-electron chi connectivity index (χ2n) is 7.21. The molecule has 1 saturated carbocycles. The van der Waals surface area contributed by atoms with Crippen LogP contribution in [-0.4, -0.2) is 36.6 Å². The van der Waals surface area contributed by atoms with Gasteiger partial charge in [0.25, 0.3) is 0 Å². The highest BCUT2D eigenvalue weighted by Crippen LogP contribution is 2.26. The Hall–Kier alpha value is -0.0800. The van der Waals surface area contributed by atoms with Crippen molar-refractivity contribution in [3.63, 3.8) is 0 Å². The first-order chi connectivity index (χ1) is 8.04. The first-order valence-corrected chi connectivity index (χ1v) is 7.52. The molecular weight excluding hydrogens is 208 g/mol. The molecule has 1 saturated heterocycles. The minimum absolute atomic E-state index is 0.412. The van der Waals surface area contributed by atoms with Gasteiger partial charge in [0.15, 0.2) is 0 Å². The largest absolute Gasteiger partial charge is 0.312 e. The Morgan fingerprint density at radius 1 is 1.06 bits per heavy atom. The van der Waals surface area contributed by atoms with Gasteiger partial charge in [-0.3, -0.25) is 4.90 Å². The van der Waals surface area contributed by atoms with Crippen molar-refractivity contribution in [3.05, 3.63) is 0 Å². The zero-order valence-corrected chi connectivity index (χ0v) is 12.0. The summed E-state index contributed by atoms with van der Waals surface area (Å²) in [5, 5.41) is 3.77. The standard InChI is InChI=1S/C15H30N2/c1-15(2,3)12-16-13-7-6-10-17(11-13)14-8-4-5-9-14/h13-14,16H,4-12H2,1-3H3. The number of hydrogen-bond acceptors (Lipinski definition) is 2. The third kappa shape index (κ3) is 4.26. The fraction of sp³-hybridized carbons (Fsp3) is 1.00. The molecule has 2 fully saturated rings. The molecule has 2 aliphatic rings. The van der Waals surface area contributed by atoms with E-state index >= 15 is 0 Å². The summed E-state index contributed by atoms with van der Waals surface area (Å²) in [6, 6.07) is 1.65. The molecule has 0 amide bonds. The van der Waals surface area contributed by atoms with Crippen LogP contribution >= 0.6 is 0 Å². The molecule has 2 heteroatoms. The number of nitrogens with zero attached hydrogens (tertiary/aromatic N) is 1. The topological polar surface area (TPSA) is 15.3 Å². The molecule has 17 heavy (non-hydrogen) atoms. The molecule has 2 rings (SSSR count). The summed E-state index contributed by atoms with van der Waals surface area (Å²) >= 11 is 0. The van der Waals surface area contributed by atoms with E-state index in [2.05, 4.69) is 31.0 Å². The molecule has 0 aromatic rings. The van der Waals surface area contributed by atoms with Gasteiger partial charge in [0.2, 0.25) is 0 Å². The number of piperidine rings is 1. The molecule has 1 unspecified atom stereocenters. The lowest BCUT2D eigenvalue weighted by molar-refractivity contribution is 0.134. The second kappa shape index (κ2) is 5.71. The van der Waals surface area contributed by atoms with Gasteiger partial charge in [-0.2, -0.15) is 0 Å². The Bertz CT molecular complexity index is 226. The van der Waals surface area contributed by atoms with Crippen molar-refractivity contribution in [2.45, 2.75) is 71.4 Å². The minimum Gasteiger partial charge on any atom is -0.312 e. The summed E-state index contributed by atoms with van der Waals surface area (Å²) in [5.41, 5.74) is 0.412.